The van der Waals surface area contributed by atoms with Crippen molar-refractivity contribution in [3.63, 3.8) is 0 Å². The predicted octanol–water partition coefficient (Wildman–Crippen LogP) is 0.345. The molecule has 0 unspecified atom stereocenters. The molecule has 3 N–H and O–H groups in total. The van der Waals surface area contributed by atoms with E-state index in [1.54, 1.807) is 29.0 Å². The third kappa shape index (κ3) is 3.16. The molecular weight excluding hydrogens is 434 g/mol. The number of anilines is 1. The van der Waals surface area contributed by atoms with Gasteiger partial charge in [0.15, 0.2) is 15.5 Å². The first-order valence-corrected chi connectivity index (χ1v) is 12.4. The molecule has 3 aromatic rings. The summed E-state index contributed by atoms with van der Waals surface area (Å²) in [7, 11) is -1.88. The Morgan fingerprint density at radius 3 is 2.47 bits per heavy atom. The SMILES string of the molecule is Cn1cc(-c2cnn3c(N)c(S(C)(=O)=O)c([C@@H]4C[C@H]5CC[C@@H](C4)N5C(=O)CO)nc23)cn1. The van der Waals surface area contributed by atoms with Gasteiger partial charge in [-0.25, -0.2) is 13.4 Å². The van der Waals surface area contributed by atoms with Gasteiger partial charge in [0.05, 0.1) is 18.1 Å². The standard InChI is InChI=1S/C20H25N7O4S/c1-25-9-12(7-22-25)15-8-23-27-19(21)18(32(2,30)31)17(24-20(15)27)11-5-13-3-4-14(6-11)26(13)16(29)10-28/h7-9,11,13-14,28H,3-6,10,21H2,1-2H3/t11-,13-,14+. The number of nitrogens with zero attached hydrogens (tertiary/aromatic N) is 6. The van der Waals surface area contributed by atoms with Gasteiger partial charge >= 0.3 is 0 Å². The highest BCUT2D eigenvalue weighted by Crippen LogP contribution is 2.45. The molecule has 2 saturated heterocycles. The molecule has 2 aliphatic rings. The van der Waals surface area contributed by atoms with E-state index in [1.807, 2.05) is 6.20 Å². The number of carbonyl (C=O) groups is 1. The van der Waals surface area contributed by atoms with Gasteiger partial charge in [-0.2, -0.15) is 14.7 Å². The fraction of sp³-hybridized carbons (Fsp3) is 0.500. The van der Waals surface area contributed by atoms with E-state index in [0.29, 0.717) is 29.7 Å². The Labute approximate surface area is 184 Å². The molecule has 2 fully saturated rings. The third-order valence-corrected chi connectivity index (χ3v) is 7.75. The number of hydrogen-bond acceptors (Lipinski definition) is 8. The van der Waals surface area contributed by atoms with Crippen LogP contribution in [-0.2, 0) is 21.7 Å². The van der Waals surface area contributed by atoms with Crippen molar-refractivity contribution >= 4 is 27.2 Å². The minimum absolute atomic E-state index is 0.00262. The number of aryl methyl sites for hydroxylation is 1. The molecule has 0 radical (unpaired) electrons. The number of amides is 1. The number of aliphatic hydroxyl groups is 1. The van der Waals surface area contributed by atoms with Gasteiger partial charge in [-0.1, -0.05) is 0 Å². The summed E-state index contributed by atoms with van der Waals surface area (Å²) in [6.45, 7) is -0.520. The summed E-state index contributed by atoms with van der Waals surface area (Å²) in [6.07, 6.45) is 9.06. The Hall–Kier alpha value is -2.99. The van der Waals surface area contributed by atoms with Crippen molar-refractivity contribution in [2.24, 2.45) is 7.05 Å². The summed E-state index contributed by atoms with van der Waals surface area (Å²) < 4.78 is 28.6. The molecule has 12 heteroatoms. The first-order valence-electron chi connectivity index (χ1n) is 10.5. The van der Waals surface area contributed by atoms with E-state index >= 15 is 0 Å². The van der Waals surface area contributed by atoms with E-state index in [2.05, 4.69) is 10.2 Å². The van der Waals surface area contributed by atoms with Gasteiger partial charge in [0.25, 0.3) is 0 Å². The quantitative estimate of drug-likeness (QED) is 0.567. The van der Waals surface area contributed by atoms with E-state index in [0.717, 1.165) is 24.7 Å². The van der Waals surface area contributed by atoms with Crippen molar-refractivity contribution in [2.45, 2.75) is 48.6 Å². The average Bonchev–Trinajstić information content (AvgIpc) is 3.42. The molecule has 5 heterocycles. The highest BCUT2D eigenvalue weighted by Gasteiger charge is 2.45. The van der Waals surface area contributed by atoms with Gasteiger partial charge in [0.2, 0.25) is 5.91 Å². The Morgan fingerprint density at radius 2 is 1.91 bits per heavy atom. The maximum absolute atomic E-state index is 12.8. The van der Waals surface area contributed by atoms with E-state index in [4.69, 9.17) is 10.7 Å². The zero-order valence-electron chi connectivity index (χ0n) is 17.8. The number of aromatic nitrogens is 5. The van der Waals surface area contributed by atoms with Gasteiger partial charge in [-0.15, -0.1) is 0 Å². The number of rotatable bonds is 4. The minimum Gasteiger partial charge on any atom is -0.387 e. The van der Waals surface area contributed by atoms with Crippen LogP contribution < -0.4 is 5.73 Å². The molecule has 1 amide bonds. The van der Waals surface area contributed by atoms with Crippen molar-refractivity contribution in [2.75, 3.05) is 18.6 Å². The molecule has 170 valence electrons. The lowest BCUT2D eigenvalue weighted by Gasteiger charge is -2.39. The van der Waals surface area contributed by atoms with Crippen LogP contribution in [0.4, 0.5) is 5.82 Å². The number of hydrogen-bond donors (Lipinski definition) is 2. The zero-order valence-corrected chi connectivity index (χ0v) is 18.7. The van der Waals surface area contributed by atoms with Crippen LogP contribution in [-0.4, -0.2) is 73.7 Å². The Bertz CT molecular complexity index is 1320. The second kappa shape index (κ2) is 7.27. The van der Waals surface area contributed by atoms with E-state index < -0.39 is 16.4 Å². The van der Waals surface area contributed by atoms with Crippen molar-refractivity contribution < 1.29 is 18.3 Å². The normalized spacial score (nSPS) is 23.2. The van der Waals surface area contributed by atoms with Crippen LogP contribution in [0.1, 0.15) is 37.3 Å². The maximum atomic E-state index is 12.8. The van der Waals surface area contributed by atoms with Gasteiger partial charge in [0, 0.05) is 48.6 Å². The Kier molecular flexibility index (Phi) is 4.75. The second-order valence-electron chi connectivity index (χ2n) is 8.69. The highest BCUT2D eigenvalue weighted by atomic mass is 32.2. The molecule has 3 aromatic heterocycles. The summed E-state index contributed by atoms with van der Waals surface area (Å²) in [5.41, 5.74) is 8.76. The average molecular weight is 460 g/mol. The fourth-order valence-corrected chi connectivity index (χ4v) is 6.39. The lowest BCUT2D eigenvalue weighted by molar-refractivity contribution is -0.138. The number of carbonyl (C=O) groups excluding carboxylic acids is 1. The second-order valence-corrected chi connectivity index (χ2v) is 10.6. The molecule has 2 bridgehead atoms. The van der Waals surface area contributed by atoms with Crippen LogP contribution in [0.5, 0.6) is 0 Å². The molecule has 0 aliphatic carbocycles. The van der Waals surface area contributed by atoms with Crippen molar-refractivity contribution in [1.82, 2.24) is 29.3 Å². The first kappa shape index (κ1) is 20.9. The maximum Gasteiger partial charge on any atom is 0.248 e. The number of nitrogen functional groups attached to an aromatic ring is 1. The molecule has 0 saturated carbocycles. The van der Waals surface area contributed by atoms with Crippen LogP contribution in [0.2, 0.25) is 0 Å². The zero-order chi connectivity index (χ0) is 22.8. The molecular formula is C20H25N7O4S. The number of piperidine rings is 1. The van der Waals surface area contributed by atoms with Gasteiger partial charge < -0.3 is 15.7 Å². The fourth-order valence-electron chi connectivity index (χ4n) is 5.33. The topological polar surface area (TPSA) is 149 Å². The van der Waals surface area contributed by atoms with Crippen molar-refractivity contribution in [3.05, 3.63) is 24.3 Å². The number of sulfone groups is 1. The molecule has 0 spiro atoms. The molecule has 3 atom stereocenters. The van der Waals surface area contributed by atoms with Gasteiger partial charge in [-0.3, -0.25) is 9.48 Å². The summed E-state index contributed by atoms with van der Waals surface area (Å²) in [5.74, 6) is -0.426. The Morgan fingerprint density at radius 1 is 1.22 bits per heavy atom. The molecule has 32 heavy (non-hydrogen) atoms. The first-order chi connectivity index (χ1) is 15.2. The number of fused-ring (bicyclic) bond motifs is 3. The Balaban J connectivity index is 1.66. The summed E-state index contributed by atoms with van der Waals surface area (Å²) in [4.78, 5) is 18.8. The van der Waals surface area contributed by atoms with E-state index in [9.17, 15) is 18.3 Å². The summed E-state index contributed by atoms with van der Waals surface area (Å²) in [6, 6.07) is -0.0967. The van der Waals surface area contributed by atoms with Crippen molar-refractivity contribution in [3.8, 4) is 11.1 Å². The third-order valence-electron chi connectivity index (χ3n) is 6.59. The van der Waals surface area contributed by atoms with Crippen LogP contribution >= 0.6 is 0 Å². The molecule has 0 aromatic carbocycles. The molecule has 11 nitrogen and oxygen atoms in total. The van der Waals surface area contributed by atoms with Crippen LogP contribution in [0, 0.1) is 0 Å². The highest BCUT2D eigenvalue weighted by molar-refractivity contribution is 7.91. The van der Waals surface area contributed by atoms with Crippen LogP contribution in [0.25, 0.3) is 16.8 Å². The predicted molar refractivity (Wildman–Crippen MR) is 115 cm³/mol. The molecule has 5 rings (SSSR count). The lowest BCUT2D eigenvalue weighted by atomic mass is 9.87. The lowest BCUT2D eigenvalue weighted by Crippen LogP contribution is -2.47. The number of nitrogens with two attached hydrogens (primary N) is 1. The van der Waals surface area contributed by atoms with Crippen LogP contribution in [0.15, 0.2) is 23.5 Å². The molecule has 2 aliphatic heterocycles. The summed E-state index contributed by atoms with van der Waals surface area (Å²) in [5, 5.41) is 17.8. The van der Waals surface area contributed by atoms with Crippen LogP contribution in [0.3, 0.4) is 0 Å². The van der Waals surface area contributed by atoms with Crippen molar-refractivity contribution in [1.29, 1.82) is 0 Å². The minimum atomic E-state index is -3.69. The number of aliphatic hydroxyl groups excluding tert-OH is 1. The largest absolute Gasteiger partial charge is 0.387 e. The van der Waals surface area contributed by atoms with Gasteiger partial charge in [0.1, 0.15) is 17.3 Å². The summed E-state index contributed by atoms with van der Waals surface area (Å²) >= 11 is 0. The van der Waals surface area contributed by atoms with E-state index in [-0.39, 0.29) is 34.6 Å². The van der Waals surface area contributed by atoms with E-state index in [1.165, 1.54) is 4.52 Å². The smallest absolute Gasteiger partial charge is 0.248 e. The monoisotopic (exact) mass is 459 g/mol. The van der Waals surface area contributed by atoms with Gasteiger partial charge in [-0.05, 0) is 25.7 Å².